The van der Waals surface area contributed by atoms with E-state index in [0.29, 0.717) is 41.6 Å². The molecule has 2 N–H and O–H groups in total. The monoisotopic (exact) mass is 455 g/mol. The average molecular weight is 456 g/mol. The number of benzene rings is 2. The van der Waals surface area contributed by atoms with E-state index in [1.807, 2.05) is 50.2 Å². The molecule has 1 atom stereocenters. The number of aryl methyl sites for hydroxylation is 2. The normalized spacial score (nSPS) is 14.9. The molecular weight excluding hydrogens is 430 g/mol. The molecule has 1 amide bonds. The van der Waals surface area contributed by atoms with E-state index in [0.717, 1.165) is 22.3 Å². The van der Waals surface area contributed by atoms with Crippen LogP contribution in [0, 0.1) is 13.8 Å². The minimum Gasteiger partial charge on any atom is -0.507 e. The molecule has 7 heteroatoms. The molecule has 4 aromatic rings. The van der Waals surface area contributed by atoms with Gasteiger partial charge in [0.2, 0.25) is 0 Å². The summed E-state index contributed by atoms with van der Waals surface area (Å²) in [5.41, 5.74) is 5.07. The van der Waals surface area contributed by atoms with Gasteiger partial charge >= 0.3 is 0 Å². The molecule has 0 bridgehead atoms. The zero-order valence-corrected chi connectivity index (χ0v) is 19.0. The minimum atomic E-state index is -0.421. The fourth-order valence-corrected chi connectivity index (χ4v) is 4.62. The lowest BCUT2D eigenvalue weighted by Crippen LogP contribution is -2.29. The second-order valence-corrected chi connectivity index (χ2v) is 8.42. The summed E-state index contributed by atoms with van der Waals surface area (Å²) in [7, 11) is 0. The van der Waals surface area contributed by atoms with Crippen molar-refractivity contribution in [2.75, 3.05) is 6.61 Å². The lowest BCUT2D eigenvalue weighted by Gasteiger charge is -2.26. The first-order chi connectivity index (χ1) is 16.5. The number of fused-ring (bicyclic) bond motifs is 1. The van der Waals surface area contributed by atoms with E-state index >= 15 is 0 Å². The number of aromatic hydroxyl groups is 1. The van der Waals surface area contributed by atoms with Gasteiger partial charge in [0.1, 0.15) is 35.3 Å². The van der Waals surface area contributed by atoms with Crippen LogP contribution in [0.1, 0.15) is 44.5 Å². The van der Waals surface area contributed by atoms with Gasteiger partial charge in [0.05, 0.1) is 18.8 Å². The number of phenols is 1. The van der Waals surface area contributed by atoms with Gasteiger partial charge in [-0.25, -0.2) is 0 Å². The van der Waals surface area contributed by atoms with Crippen LogP contribution >= 0.6 is 0 Å². The fraction of sp³-hybridized carbons (Fsp3) is 0.185. The van der Waals surface area contributed by atoms with E-state index in [-0.39, 0.29) is 11.7 Å². The molecule has 5 rings (SSSR count). The standard InChI is InChI=1S/C27H25N3O4/c1-4-11-33-19-9-7-18(8-10-19)26-23-24(22-17(3)13-16(2)14-21(22)31)28-29-25(23)27(32)30(26)15-20-6-5-12-34-20/h4-10,12-14,26,31H,1,11,15H2,2-3H3,(H,28,29). The molecule has 3 heterocycles. The third-order valence-electron chi connectivity index (χ3n) is 6.03. The first kappa shape index (κ1) is 21.6. The van der Waals surface area contributed by atoms with Crippen LogP contribution < -0.4 is 4.74 Å². The Morgan fingerprint density at radius 1 is 1.24 bits per heavy atom. The SMILES string of the molecule is C=CCOc1ccc(C2c3c(-c4c(C)cc(C)cc4O)n[nH]c3C(=O)N2Cc2ccco2)cc1. The minimum absolute atomic E-state index is 0.135. The summed E-state index contributed by atoms with van der Waals surface area (Å²) < 4.78 is 11.2. The Kier molecular flexibility index (Phi) is 5.45. The topological polar surface area (TPSA) is 91.6 Å². The summed E-state index contributed by atoms with van der Waals surface area (Å²) in [5.74, 6) is 1.35. The van der Waals surface area contributed by atoms with E-state index in [4.69, 9.17) is 9.15 Å². The predicted molar refractivity (Wildman–Crippen MR) is 128 cm³/mol. The van der Waals surface area contributed by atoms with E-state index in [1.54, 1.807) is 29.4 Å². The van der Waals surface area contributed by atoms with Gasteiger partial charge in [-0.05, 0) is 60.9 Å². The smallest absolute Gasteiger partial charge is 0.273 e. The Morgan fingerprint density at radius 2 is 2.03 bits per heavy atom. The highest BCUT2D eigenvalue weighted by molar-refractivity contribution is 6.00. The van der Waals surface area contributed by atoms with E-state index in [9.17, 15) is 9.90 Å². The summed E-state index contributed by atoms with van der Waals surface area (Å²) in [5, 5.41) is 18.2. The number of aromatic amines is 1. The van der Waals surface area contributed by atoms with Crippen LogP contribution in [0.2, 0.25) is 0 Å². The molecule has 34 heavy (non-hydrogen) atoms. The Morgan fingerprint density at radius 3 is 2.71 bits per heavy atom. The largest absolute Gasteiger partial charge is 0.507 e. The van der Waals surface area contributed by atoms with E-state index in [2.05, 4.69) is 16.8 Å². The molecule has 7 nitrogen and oxygen atoms in total. The second kappa shape index (κ2) is 8.59. The first-order valence-corrected chi connectivity index (χ1v) is 11.0. The van der Waals surface area contributed by atoms with Gasteiger partial charge in [-0.1, -0.05) is 30.9 Å². The van der Waals surface area contributed by atoms with Crippen LogP contribution in [-0.4, -0.2) is 32.7 Å². The maximum atomic E-state index is 13.5. The maximum Gasteiger partial charge on any atom is 0.273 e. The van der Waals surface area contributed by atoms with Gasteiger partial charge in [0.25, 0.3) is 5.91 Å². The Balaban J connectivity index is 1.64. The van der Waals surface area contributed by atoms with Crippen molar-refractivity contribution < 1.29 is 19.1 Å². The number of phenolic OH excluding ortho intramolecular Hbond substituents is 1. The molecule has 2 aromatic carbocycles. The first-order valence-electron chi connectivity index (χ1n) is 11.0. The van der Waals surface area contributed by atoms with Crippen molar-refractivity contribution >= 4 is 5.91 Å². The summed E-state index contributed by atoms with van der Waals surface area (Å²) in [6.45, 7) is 8.25. The third-order valence-corrected chi connectivity index (χ3v) is 6.03. The van der Waals surface area contributed by atoms with E-state index in [1.165, 1.54) is 0 Å². The van der Waals surface area contributed by atoms with Crippen LogP contribution in [0.3, 0.4) is 0 Å². The van der Waals surface area contributed by atoms with E-state index < -0.39 is 6.04 Å². The maximum absolute atomic E-state index is 13.5. The van der Waals surface area contributed by atoms with Crippen molar-refractivity contribution in [3.63, 3.8) is 0 Å². The number of hydrogen-bond donors (Lipinski definition) is 2. The number of furan rings is 1. The van der Waals surface area contributed by atoms with Crippen LogP contribution in [0.4, 0.5) is 0 Å². The van der Waals surface area contributed by atoms with Gasteiger partial charge in [-0.15, -0.1) is 0 Å². The number of nitrogens with one attached hydrogen (secondary N) is 1. The fourth-order valence-electron chi connectivity index (χ4n) is 4.62. The predicted octanol–water partition coefficient (Wildman–Crippen LogP) is 5.30. The molecule has 0 aliphatic carbocycles. The van der Waals surface area contributed by atoms with Gasteiger partial charge in [0.15, 0.2) is 0 Å². The van der Waals surface area contributed by atoms with Crippen molar-refractivity contribution in [1.82, 2.24) is 15.1 Å². The highest BCUT2D eigenvalue weighted by Crippen LogP contribution is 2.46. The molecule has 1 unspecified atom stereocenters. The molecule has 0 radical (unpaired) electrons. The van der Waals surface area contributed by atoms with Crippen molar-refractivity contribution in [3.8, 4) is 22.8 Å². The number of carbonyl (C=O) groups is 1. The molecule has 2 aromatic heterocycles. The number of H-pyrrole nitrogens is 1. The number of nitrogens with zero attached hydrogens (tertiary/aromatic N) is 2. The summed E-state index contributed by atoms with van der Waals surface area (Å²) >= 11 is 0. The third kappa shape index (κ3) is 3.65. The zero-order chi connectivity index (χ0) is 23.8. The lowest BCUT2D eigenvalue weighted by molar-refractivity contribution is 0.0717. The molecule has 0 saturated carbocycles. The molecule has 0 spiro atoms. The Bertz CT molecular complexity index is 1330. The van der Waals surface area contributed by atoms with Crippen molar-refractivity contribution in [1.29, 1.82) is 0 Å². The van der Waals surface area contributed by atoms with Gasteiger partial charge in [-0.2, -0.15) is 5.10 Å². The van der Waals surface area contributed by atoms with Gasteiger partial charge in [0, 0.05) is 11.1 Å². The number of ether oxygens (including phenoxy) is 1. The quantitative estimate of drug-likeness (QED) is 0.369. The molecule has 172 valence electrons. The van der Waals surface area contributed by atoms with Crippen LogP contribution in [0.15, 0.2) is 71.9 Å². The molecule has 1 aliphatic heterocycles. The molecule has 1 aliphatic rings. The number of carbonyl (C=O) groups excluding carboxylic acids is 1. The summed E-state index contributed by atoms with van der Waals surface area (Å²) in [6.07, 6.45) is 3.28. The van der Waals surface area contributed by atoms with Crippen molar-refractivity contribution in [2.24, 2.45) is 0 Å². The van der Waals surface area contributed by atoms with Gasteiger partial charge in [-0.3, -0.25) is 9.89 Å². The van der Waals surface area contributed by atoms with Crippen LogP contribution in [-0.2, 0) is 6.54 Å². The number of aromatic nitrogens is 2. The van der Waals surface area contributed by atoms with Crippen molar-refractivity contribution in [2.45, 2.75) is 26.4 Å². The number of hydrogen-bond acceptors (Lipinski definition) is 5. The number of rotatable bonds is 7. The molecular formula is C27H25N3O4. The van der Waals surface area contributed by atoms with Crippen LogP contribution in [0.25, 0.3) is 11.3 Å². The summed E-state index contributed by atoms with van der Waals surface area (Å²) in [6, 6.07) is 14.6. The Hall–Kier alpha value is -4.26. The highest BCUT2D eigenvalue weighted by atomic mass is 16.5. The van der Waals surface area contributed by atoms with Crippen LogP contribution in [0.5, 0.6) is 11.5 Å². The lowest BCUT2D eigenvalue weighted by atomic mass is 9.93. The Labute approximate surface area is 197 Å². The van der Waals surface area contributed by atoms with Gasteiger partial charge < -0.3 is 19.2 Å². The average Bonchev–Trinajstić information content (AvgIpc) is 3.53. The molecule has 0 saturated heterocycles. The zero-order valence-electron chi connectivity index (χ0n) is 19.0. The molecule has 0 fully saturated rings. The number of amides is 1. The second-order valence-electron chi connectivity index (χ2n) is 8.42. The summed E-state index contributed by atoms with van der Waals surface area (Å²) in [4.78, 5) is 15.3. The highest BCUT2D eigenvalue weighted by Gasteiger charge is 2.43. The van der Waals surface area contributed by atoms with Crippen molar-refractivity contribution in [3.05, 3.63) is 101 Å².